The van der Waals surface area contributed by atoms with E-state index in [9.17, 15) is 13.6 Å². The Morgan fingerprint density at radius 2 is 2.08 bits per heavy atom. The van der Waals surface area contributed by atoms with Gasteiger partial charge in [-0.2, -0.15) is 0 Å². The number of piperazine rings is 1. The fourth-order valence-corrected chi connectivity index (χ4v) is 2.82. The molecule has 0 radical (unpaired) electrons. The van der Waals surface area contributed by atoms with Gasteiger partial charge in [0.2, 0.25) is 11.8 Å². The lowest BCUT2D eigenvalue weighted by Crippen LogP contribution is -2.53. The Balaban J connectivity index is 1.85. The Morgan fingerprint density at radius 3 is 2.83 bits per heavy atom. The fourth-order valence-electron chi connectivity index (χ4n) is 2.82. The number of hydrogen-bond donors (Lipinski definition) is 0. The lowest BCUT2D eigenvalue weighted by Gasteiger charge is -2.36. The number of carbonyl (C=O) groups is 1. The topological polar surface area (TPSA) is 49.6 Å². The molecule has 0 N–H and O–H groups in total. The Hall–Kier alpha value is -2.28. The number of amides is 1. The Labute approximate surface area is 138 Å². The van der Waals surface area contributed by atoms with Crippen molar-refractivity contribution < 1.29 is 18.0 Å². The number of carbonyl (C=O) groups excluding carboxylic acids is 1. The molecule has 1 aliphatic rings. The minimum absolute atomic E-state index is 0.00754. The Kier molecular flexibility index (Phi) is 4.36. The summed E-state index contributed by atoms with van der Waals surface area (Å²) in [5.41, 5.74) is 0.615. The summed E-state index contributed by atoms with van der Waals surface area (Å²) in [6, 6.07) is 2.90. The van der Waals surface area contributed by atoms with Crippen LogP contribution in [0.25, 0.3) is 11.5 Å². The molecular formula is C17H19F2N3O2. The van der Waals surface area contributed by atoms with Crippen LogP contribution in [0.3, 0.4) is 0 Å². The summed E-state index contributed by atoms with van der Waals surface area (Å²) in [6.45, 7) is 5.37. The van der Waals surface area contributed by atoms with Gasteiger partial charge in [0.15, 0.2) is 0 Å². The molecular weight excluding hydrogens is 316 g/mol. The van der Waals surface area contributed by atoms with Crippen LogP contribution in [0.4, 0.5) is 8.78 Å². The van der Waals surface area contributed by atoms with Crippen molar-refractivity contribution in [3.63, 3.8) is 0 Å². The van der Waals surface area contributed by atoms with Crippen LogP contribution in [0.2, 0.25) is 0 Å². The minimum Gasteiger partial charge on any atom is -0.441 e. The summed E-state index contributed by atoms with van der Waals surface area (Å²) in [7, 11) is 1.78. The largest absolute Gasteiger partial charge is 0.441 e. The van der Waals surface area contributed by atoms with Gasteiger partial charge in [-0.05, 0) is 32.0 Å². The first kappa shape index (κ1) is 16.6. The van der Waals surface area contributed by atoms with E-state index in [0.717, 1.165) is 24.7 Å². The van der Waals surface area contributed by atoms with E-state index in [1.165, 1.54) is 0 Å². The number of rotatable bonds is 3. The molecule has 0 unspecified atom stereocenters. The lowest BCUT2D eigenvalue weighted by molar-refractivity contribution is -0.139. The molecule has 5 nitrogen and oxygen atoms in total. The zero-order chi connectivity index (χ0) is 17.4. The number of halogens is 2. The van der Waals surface area contributed by atoms with Gasteiger partial charge in [0, 0.05) is 26.7 Å². The Bertz CT molecular complexity index is 775. The van der Waals surface area contributed by atoms with Gasteiger partial charge in [0.25, 0.3) is 0 Å². The molecule has 24 heavy (non-hydrogen) atoms. The molecule has 2 heterocycles. The van der Waals surface area contributed by atoms with Gasteiger partial charge in [-0.25, -0.2) is 13.8 Å². The second kappa shape index (κ2) is 6.32. The van der Waals surface area contributed by atoms with Crippen molar-refractivity contribution in [3.05, 3.63) is 41.3 Å². The highest BCUT2D eigenvalue weighted by Crippen LogP contribution is 2.26. The van der Waals surface area contributed by atoms with Gasteiger partial charge in [-0.3, -0.25) is 9.69 Å². The van der Waals surface area contributed by atoms with E-state index in [4.69, 9.17) is 4.42 Å². The summed E-state index contributed by atoms with van der Waals surface area (Å²) in [5, 5.41) is 0. The standard InChI is InChI=1S/C17H19F2N3O2/c1-10-17(23)21(3)6-7-22(10)9-15-11(2)24-16(20-15)13-8-12(18)4-5-14(13)19/h4-5,8,10H,6-7,9H2,1-3H3/t10-/m0/s1. The maximum Gasteiger partial charge on any atom is 0.239 e. The first-order valence-electron chi connectivity index (χ1n) is 7.77. The van der Waals surface area contributed by atoms with Crippen molar-refractivity contribution in [2.45, 2.75) is 26.4 Å². The number of nitrogens with zero attached hydrogens (tertiary/aromatic N) is 3. The maximum atomic E-state index is 13.9. The summed E-state index contributed by atoms with van der Waals surface area (Å²) in [4.78, 5) is 20.1. The number of oxazole rings is 1. The van der Waals surface area contributed by atoms with E-state index in [2.05, 4.69) is 4.98 Å². The second-order valence-electron chi connectivity index (χ2n) is 6.05. The van der Waals surface area contributed by atoms with Crippen molar-refractivity contribution in [3.8, 4) is 11.5 Å². The van der Waals surface area contributed by atoms with E-state index in [-0.39, 0.29) is 23.4 Å². The van der Waals surface area contributed by atoms with Gasteiger partial charge >= 0.3 is 0 Å². The van der Waals surface area contributed by atoms with Crippen LogP contribution in [0.1, 0.15) is 18.4 Å². The van der Waals surface area contributed by atoms with Crippen LogP contribution in [0, 0.1) is 18.6 Å². The third-order valence-electron chi connectivity index (χ3n) is 4.41. The molecule has 128 valence electrons. The second-order valence-corrected chi connectivity index (χ2v) is 6.05. The van der Waals surface area contributed by atoms with Crippen molar-refractivity contribution in [1.29, 1.82) is 0 Å². The van der Waals surface area contributed by atoms with E-state index in [0.29, 0.717) is 24.5 Å². The first-order chi connectivity index (χ1) is 11.4. The van der Waals surface area contributed by atoms with Crippen LogP contribution >= 0.6 is 0 Å². The normalized spacial score (nSPS) is 19.1. The smallest absolute Gasteiger partial charge is 0.239 e. The average molecular weight is 335 g/mol. The van der Waals surface area contributed by atoms with Gasteiger partial charge in [-0.1, -0.05) is 0 Å². The van der Waals surface area contributed by atoms with Crippen molar-refractivity contribution in [1.82, 2.24) is 14.8 Å². The molecule has 1 saturated heterocycles. The van der Waals surface area contributed by atoms with E-state index < -0.39 is 11.6 Å². The van der Waals surface area contributed by atoms with Crippen LogP contribution in [0.15, 0.2) is 22.6 Å². The van der Waals surface area contributed by atoms with E-state index in [1.807, 2.05) is 11.8 Å². The van der Waals surface area contributed by atoms with Gasteiger partial charge in [-0.15, -0.1) is 0 Å². The number of aryl methyl sites for hydroxylation is 1. The SMILES string of the molecule is Cc1oc(-c2cc(F)ccc2F)nc1CN1CCN(C)C(=O)[C@@H]1C. The zero-order valence-electron chi connectivity index (χ0n) is 13.8. The first-order valence-corrected chi connectivity index (χ1v) is 7.77. The quantitative estimate of drug-likeness (QED) is 0.865. The predicted octanol–water partition coefficient (Wildman–Crippen LogP) is 2.59. The van der Waals surface area contributed by atoms with Gasteiger partial charge in [0.05, 0.1) is 17.3 Å². The molecule has 1 aromatic carbocycles. The predicted molar refractivity (Wildman–Crippen MR) is 84.1 cm³/mol. The summed E-state index contributed by atoms with van der Waals surface area (Å²) in [5.74, 6) is -0.506. The Morgan fingerprint density at radius 1 is 1.33 bits per heavy atom. The third kappa shape index (κ3) is 3.03. The molecule has 0 bridgehead atoms. The molecule has 0 saturated carbocycles. The summed E-state index contributed by atoms with van der Waals surface area (Å²) in [6.07, 6.45) is 0. The third-order valence-corrected chi connectivity index (χ3v) is 4.41. The average Bonchev–Trinajstić information content (AvgIpc) is 2.91. The molecule has 0 aliphatic carbocycles. The van der Waals surface area contributed by atoms with Crippen molar-refractivity contribution in [2.75, 3.05) is 20.1 Å². The molecule has 2 aromatic rings. The van der Waals surface area contributed by atoms with Crippen molar-refractivity contribution in [2.24, 2.45) is 0 Å². The number of aromatic nitrogens is 1. The van der Waals surface area contributed by atoms with Crippen molar-refractivity contribution >= 4 is 5.91 Å². The molecule has 3 rings (SSSR count). The highest BCUT2D eigenvalue weighted by atomic mass is 19.1. The molecule has 1 fully saturated rings. The summed E-state index contributed by atoms with van der Waals surface area (Å²) < 4.78 is 32.8. The van der Waals surface area contributed by atoms with Crippen LogP contribution in [-0.4, -0.2) is 46.9 Å². The highest BCUT2D eigenvalue weighted by Gasteiger charge is 2.30. The van der Waals surface area contributed by atoms with Gasteiger partial charge < -0.3 is 9.32 Å². The number of benzene rings is 1. The molecule has 1 amide bonds. The highest BCUT2D eigenvalue weighted by molar-refractivity contribution is 5.81. The molecule has 1 aliphatic heterocycles. The molecule has 0 spiro atoms. The zero-order valence-corrected chi connectivity index (χ0v) is 13.8. The van der Waals surface area contributed by atoms with E-state index in [1.54, 1.807) is 18.9 Å². The van der Waals surface area contributed by atoms with Crippen LogP contribution in [-0.2, 0) is 11.3 Å². The minimum atomic E-state index is -0.590. The summed E-state index contributed by atoms with van der Waals surface area (Å²) >= 11 is 0. The van der Waals surface area contributed by atoms with Crippen LogP contribution in [0.5, 0.6) is 0 Å². The van der Waals surface area contributed by atoms with E-state index >= 15 is 0 Å². The number of hydrogen-bond acceptors (Lipinski definition) is 4. The molecule has 1 aromatic heterocycles. The molecule has 1 atom stereocenters. The monoisotopic (exact) mass is 335 g/mol. The lowest BCUT2D eigenvalue weighted by atomic mass is 10.1. The fraction of sp³-hybridized carbons (Fsp3) is 0.412. The maximum absolute atomic E-state index is 13.9. The molecule has 7 heteroatoms. The van der Waals surface area contributed by atoms with Gasteiger partial charge in [0.1, 0.15) is 17.4 Å². The number of likely N-dealkylation sites (N-methyl/N-ethyl adjacent to an activating group) is 1. The van der Waals surface area contributed by atoms with Crippen LogP contribution < -0.4 is 0 Å².